The Labute approximate surface area is 245 Å². The molecule has 3 heterocycles. The molecular weight excluding hydrogens is 541 g/mol. The fourth-order valence-electron chi connectivity index (χ4n) is 7.29. The lowest BCUT2D eigenvalue weighted by molar-refractivity contribution is 0.268. The van der Waals surface area contributed by atoms with Crippen molar-refractivity contribution in [2.45, 2.75) is 166 Å². The summed E-state index contributed by atoms with van der Waals surface area (Å²) in [6, 6.07) is 1.08. The van der Waals surface area contributed by atoms with Gasteiger partial charge in [0.2, 0.25) is 0 Å². The largest absolute Gasteiger partial charge is 0.445 e. The van der Waals surface area contributed by atoms with Crippen LogP contribution in [0.1, 0.15) is 104 Å². The van der Waals surface area contributed by atoms with Crippen molar-refractivity contribution < 1.29 is 26.9 Å². The van der Waals surface area contributed by atoms with E-state index < -0.39 is 17.1 Å². The van der Waals surface area contributed by atoms with Crippen molar-refractivity contribution >= 4 is 27.6 Å². The van der Waals surface area contributed by atoms with E-state index in [9.17, 15) is 0 Å². The standard InChI is InChI=1S/C12H28O4Si3.2C9H16O/c1-13-19(4,16-18(2,3)15-17)8-7-10-5-6-11-12(9-10)14-11;2*1-2-3-7-4-5-8-9(6-7)10-8/h10-12H,5-9H2,1-4,17H3;2*7-9H,2-6H2,1H3. The average molecular weight is 601 g/mol. The summed E-state index contributed by atoms with van der Waals surface area (Å²) in [6.45, 7) is 11.0. The van der Waals surface area contributed by atoms with Crippen LogP contribution in [0.2, 0.25) is 25.7 Å². The molecule has 39 heavy (non-hydrogen) atoms. The molecule has 6 aliphatic rings. The van der Waals surface area contributed by atoms with Crippen LogP contribution < -0.4 is 0 Å². The Bertz CT molecular complexity index is 713. The second-order valence-corrected chi connectivity index (χ2v) is 22.3. The zero-order valence-electron chi connectivity index (χ0n) is 26.3. The quantitative estimate of drug-likeness (QED) is 0.202. The molecule has 0 bridgehead atoms. The second-order valence-electron chi connectivity index (χ2n) is 13.8. The lowest BCUT2D eigenvalue weighted by Gasteiger charge is -2.34. The number of rotatable bonds is 11. The highest BCUT2D eigenvalue weighted by Gasteiger charge is 2.46. The van der Waals surface area contributed by atoms with Crippen molar-refractivity contribution in [2.24, 2.45) is 17.8 Å². The van der Waals surface area contributed by atoms with Gasteiger partial charge in [0.1, 0.15) is 10.5 Å². The number of epoxide rings is 3. The Morgan fingerprint density at radius 3 is 1.38 bits per heavy atom. The van der Waals surface area contributed by atoms with Crippen LogP contribution in [-0.4, -0.2) is 71.3 Å². The molecule has 6 fully saturated rings. The van der Waals surface area contributed by atoms with Gasteiger partial charge < -0.3 is 26.9 Å². The lowest BCUT2D eigenvalue weighted by Crippen LogP contribution is -2.49. The van der Waals surface area contributed by atoms with Gasteiger partial charge in [0.15, 0.2) is 0 Å². The molecule has 0 aromatic rings. The molecule has 0 aromatic heterocycles. The molecule has 0 amide bonds. The molecule has 0 N–H and O–H groups in total. The summed E-state index contributed by atoms with van der Waals surface area (Å²) in [5.41, 5.74) is 0. The van der Waals surface area contributed by atoms with E-state index in [1.165, 1.54) is 89.9 Å². The van der Waals surface area contributed by atoms with Gasteiger partial charge in [-0.25, -0.2) is 0 Å². The number of hydrogen-bond acceptors (Lipinski definition) is 6. The Hall–Kier alpha value is 0.411. The zero-order chi connectivity index (χ0) is 28.0. The normalized spacial score (nSPS) is 39.4. The number of fused-ring (bicyclic) bond motifs is 3. The molecule has 10 unspecified atom stereocenters. The second kappa shape index (κ2) is 14.7. The predicted molar refractivity (Wildman–Crippen MR) is 165 cm³/mol. The van der Waals surface area contributed by atoms with Crippen LogP contribution in [0.5, 0.6) is 0 Å². The molecule has 228 valence electrons. The molecule has 0 radical (unpaired) electrons. The fourth-order valence-corrected chi connectivity index (χ4v) is 14.4. The third kappa shape index (κ3) is 10.6. The first kappa shape index (κ1) is 32.3. The monoisotopic (exact) mass is 600 g/mol. The van der Waals surface area contributed by atoms with Gasteiger partial charge in [-0.05, 0) is 108 Å². The summed E-state index contributed by atoms with van der Waals surface area (Å²) in [4.78, 5) is 0. The minimum atomic E-state index is -2.05. The lowest BCUT2D eigenvalue weighted by atomic mass is 9.86. The van der Waals surface area contributed by atoms with Crippen LogP contribution in [0.15, 0.2) is 0 Å². The average Bonchev–Trinajstić information content (AvgIpc) is 3.80. The summed E-state index contributed by atoms with van der Waals surface area (Å²) in [7, 11) is -1.47. The Morgan fingerprint density at radius 2 is 1.05 bits per heavy atom. The smallest absolute Gasteiger partial charge is 0.325 e. The van der Waals surface area contributed by atoms with Crippen LogP contribution in [0, 0.1) is 17.8 Å². The first-order valence-corrected chi connectivity index (χ1v) is 22.6. The molecule has 6 nitrogen and oxygen atoms in total. The van der Waals surface area contributed by atoms with Crippen LogP contribution in [0.4, 0.5) is 0 Å². The van der Waals surface area contributed by atoms with Gasteiger partial charge in [0.25, 0.3) is 0 Å². The molecule has 6 rings (SSSR count). The van der Waals surface area contributed by atoms with Crippen molar-refractivity contribution in [2.75, 3.05) is 7.11 Å². The highest BCUT2D eigenvalue weighted by atomic mass is 28.5. The zero-order valence-corrected chi connectivity index (χ0v) is 30.3. The summed E-state index contributed by atoms with van der Waals surface area (Å²) >= 11 is 0. The van der Waals surface area contributed by atoms with Crippen LogP contribution in [0.25, 0.3) is 0 Å². The van der Waals surface area contributed by atoms with Crippen molar-refractivity contribution in [3.8, 4) is 0 Å². The Kier molecular flexibility index (Phi) is 12.2. The Balaban J connectivity index is 0.000000148. The SMILES string of the molecule is CCCC1CCC2OC2C1.CCCC1CCC2OC2C1.CO[Si](C)(CCC1CCC2OC2C1)O[Si](C)(C)O[SiH3]. The van der Waals surface area contributed by atoms with Crippen molar-refractivity contribution in [3.05, 3.63) is 0 Å². The van der Waals surface area contributed by atoms with Crippen LogP contribution >= 0.6 is 0 Å². The third-order valence-corrected chi connectivity index (χ3v) is 19.8. The predicted octanol–water partition coefficient (Wildman–Crippen LogP) is 6.39. The summed E-state index contributed by atoms with van der Waals surface area (Å²) in [5, 5.41) is 0. The molecule has 0 aromatic carbocycles. The van der Waals surface area contributed by atoms with Crippen LogP contribution in [-0.2, 0) is 26.9 Å². The molecule has 0 spiro atoms. The van der Waals surface area contributed by atoms with Crippen molar-refractivity contribution in [1.82, 2.24) is 0 Å². The van der Waals surface area contributed by atoms with E-state index in [0.717, 1.165) is 34.3 Å². The molecule has 3 saturated carbocycles. The van der Waals surface area contributed by atoms with Gasteiger partial charge >= 0.3 is 17.1 Å². The van der Waals surface area contributed by atoms with E-state index in [2.05, 4.69) is 33.5 Å². The fraction of sp³-hybridized carbons (Fsp3) is 1.00. The summed E-state index contributed by atoms with van der Waals surface area (Å²) in [6.07, 6.45) is 22.8. The third-order valence-electron chi connectivity index (χ3n) is 10.1. The first-order chi connectivity index (χ1) is 18.7. The van der Waals surface area contributed by atoms with Crippen molar-refractivity contribution in [1.29, 1.82) is 0 Å². The van der Waals surface area contributed by atoms with Gasteiger partial charge in [-0.3, -0.25) is 0 Å². The van der Waals surface area contributed by atoms with Gasteiger partial charge in [-0.15, -0.1) is 0 Å². The van der Waals surface area contributed by atoms with Gasteiger partial charge in [0.05, 0.1) is 36.6 Å². The molecule has 3 aliphatic heterocycles. The van der Waals surface area contributed by atoms with E-state index in [1.807, 2.05) is 0 Å². The highest BCUT2D eigenvalue weighted by Crippen LogP contribution is 2.43. The van der Waals surface area contributed by atoms with E-state index in [1.54, 1.807) is 7.11 Å². The van der Waals surface area contributed by atoms with Gasteiger partial charge in [-0.1, -0.05) is 39.5 Å². The molecule has 9 heteroatoms. The molecule has 3 saturated heterocycles. The Morgan fingerprint density at radius 1 is 0.641 bits per heavy atom. The molecule has 3 aliphatic carbocycles. The topological polar surface area (TPSA) is 65.3 Å². The first-order valence-electron chi connectivity index (χ1n) is 16.4. The van der Waals surface area contributed by atoms with Gasteiger partial charge in [-0.2, -0.15) is 0 Å². The molecular formula is C30H60O6Si3. The van der Waals surface area contributed by atoms with E-state index in [4.69, 9.17) is 26.9 Å². The summed E-state index contributed by atoms with van der Waals surface area (Å²) in [5.74, 6) is 2.79. The van der Waals surface area contributed by atoms with E-state index in [-0.39, 0.29) is 0 Å². The minimum Gasteiger partial charge on any atom is -0.445 e. The summed E-state index contributed by atoms with van der Waals surface area (Å²) < 4.78 is 34.2. The maximum Gasteiger partial charge on any atom is 0.325 e. The minimum absolute atomic E-state index is 0.575. The van der Waals surface area contributed by atoms with E-state index in [0.29, 0.717) is 36.6 Å². The highest BCUT2D eigenvalue weighted by molar-refractivity contribution is 6.80. The maximum absolute atomic E-state index is 6.29. The van der Waals surface area contributed by atoms with Crippen molar-refractivity contribution in [3.63, 3.8) is 0 Å². The van der Waals surface area contributed by atoms with Gasteiger partial charge in [0, 0.05) is 7.11 Å². The maximum atomic E-state index is 6.29. The molecule has 10 atom stereocenters. The van der Waals surface area contributed by atoms with Crippen LogP contribution in [0.3, 0.4) is 0 Å². The van der Waals surface area contributed by atoms with E-state index >= 15 is 0 Å². The number of ether oxygens (including phenoxy) is 3. The number of hydrogen-bond donors (Lipinski definition) is 0.